The summed E-state index contributed by atoms with van der Waals surface area (Å²) in [5.74, 6) is -0.0228. The molecule has 1 aromatic heterocycles. The maximum atomic E-state index is 11.8. The fourth-order valence-electron chi connectivity index (χ4n) is 1.91. The van der Waals surface area contributed by atoms with Gasteiger partial charge in [-0.3, -0.25) is 9.78 Å². The number of carbonyl (C=O) groups excluding carboxylic acids is 1. The Morgan fingerprint density at radius 1 is 1.20 bits per heavy atom. The molecule has 0 saturated heterocycles. The third kappa shape index (κ3) is 4.82. The number of amides is 1. The minimum absolute atomic E-state index is 0.0228. The van der Waals surface area contributed by atoms with Crippen LogP contribution < -0.4 is 10.6 Å². The van der Waals surface area contributed by atoms with Gasteiger partial charge in [-0.1, -0.05) is 12.1 Å². The first kappa shape index (κ1) is 14.2. The van der Waals surface area contributed by atoms with Gasteiger partial charge < -0.3 is 10.6 Å². The summed E-state index contributed by atoms with van der Waals surface area (Å²) in [7, 11) is 0. The second kappa shape index (κ2) is 7.40. The Morgan fingerprint density at radius 3 is 2.75 bits per heavy atom. The molecule has 2 rings (SSSR count). The predicted molar refractivity (Wildman–Crippen MR) is 80.6 cm³/mol. The van der Waals surface area contributed by atoms with Crippen molar-refractivity contribution in [2.24, 2.45) is 0 Å². The molecule has 1 heterocycles. The van der Waals surface area contributed by atoms with Crippen LogP contribution in [0.25, 0.3) is 0 Å². The number of nitrogens with one attached hydrogen (secondary N) is 2. The third-order valence-corrected chi connectivity index (χ3v) is 2.93. The van der Waals surface area contributed by atoms with E-state index in [2.05, 4.69) is 15.6 Å². The highest BCUT2D eigenvalue weighted by Crippen LogP contribution is 2.08. The van der Waals surface area contributed by atoms with Gasteiger partial charge in [0.1, 0.15) is 0 Å². The number of pyridine rings is 1. The van der Waals surface area contributed by atoms with Crippen LogP contribution in [0.2, 0.25) is 0 Å². The van der Waals surface area contributed by atoms with Crippen LogP contribution in [-0.4, -0.2) is 24.0 Å². The molecule has 0 aliphatic carbocycles. The van der Waals surface area contributed by atoms with Crippen LogP contribution in [-0.2, 0) is 11.2 Å². The van der Waals surface area contributed by atoms with E-state index in [1.54, 1.807) is 12.4 Å². The van der Waals surface area contributed by atoms with Gasteiger partial charge in [0.2, 0.25) is 5.91 Å². The SMILES string of the molecule is Cc1cccc(NC(=O)CNCCc2ccncc2)c1. The second-order valence-corrected chi connectivity index (χ2v) is 4.70. The van der Waals surface area contributed by atoms with Crippen molar-refractivity contribution in [3.8, 4) is 0 Å². The lowest BCUT2D eigenvalue weighted by Crippen LogP contribution is -2.29. The molecule has 4 heteroatoms. The van der Waals surface area contributed by atoms with Crippen molar-refractivity contribution in [2.45, 2.75) is 13.3 Å². The predicted octanol–water partition coefficient (Wildman–Crippen LogP) is 2.16. The third-order valence-electron chi connectivity index (χ3n) is 2.93. The largest absolute Gasteiger partial charge is 0.325 e. The van der Waals surface area contributed by atoms with E-state index in [1.807, 2.05) is 43.3 Å². The molecule has 2 N–H and O–H groups in total. The van der Waals surface area contributed by atoms with E-state index in [1.165, 1.54) is 5.56 Å². The van der Waals surface area contributed by atoms with Crippen LogP contribution >= 0.6 is 0 Å². The van der Waals surface area contributed by atoms with Crippen LogP contribution in [0.15, 0.2) is 48.8 Å². The van der Waals surface area contributed by atoms with Crippen LogP contribution in [0.4, 0.5) is 5.69 Å². The van der Waals surface area contributed by atoms with E-state index >= 15 is 0 Å². The van der Waals surface area contributed by atoms with E-state index < -0.39 is 0 Å². The van der Waals surface area contributed by atoms with Crippen LogP contribution in [0.5, 0.6) is 0 Å². The number of rotatable bonds is 6. The Morgan fingerprint density at radius 2 is 2.00 bits per heavy atom. The standard InChI is InChI=1S/C16H19N3O/c1-13-3-2-4-15(11-13)19-16(20)12-18-10-7-14-5-8-17-9-6-14/h2-6,8-9,11,18H,7,10,12H2,1H3,(H,19,20). The number of hydrogen-bond donors (Lipinski definition) is 2. The van der Waals surface area contributed by atoms with Crippen LogP contribution in [0, 0.1) is 6.92 Å². The highest BCUT2D eigenvalue weighted by atomic mass is 16.1. The molecule has 0 radical (unpaired) electrons. The summed E-state index contributed by atoms with van der Waals surface area (Å²) >= 11 is 0. The smallest absolute Gasteiger partial charge is 0.238 e. The average Bonchev–Trinajstić information content (AvgIpc) is 2.45. The summed E-state index contributed by atoms with van der Waals surface area (Å²) in [6.45, 7) is 3.09. The zero-order valence-electron chi connectivity index (χ0n) is 11.6. The molecule has 0 bridgehead atoms. The quantitative estimate of drug-likeness (QED) is 0.790. The first-order valence-electron chi connectivity index (χ1n) is 6.70. The number of nitrogens with zero attached hydrogens (tertiary/aromatic N) is 1. The van der Waals surface area contributed by atoms with Crippen molar-refractivity contribution in [3.63, 3.8) is 0 Å². The summed E-state index contributed by atoms with van der Waals surface area (Å²) in [4.78, 5) is 15.7. The zero-order valence-corrected chi connectivity index (χ0v) is 11.6. The molecule has 0 saturated carbocycles. The van der Waals surface area contributed by atoms with E-state index in [4.69, 9.17) is 0 Å². The van der Waals surface area contributed by atoms with Gasteiger partial charge in [0.05, 0.1) is 6.54 Å². The average molecular weight is 269 g/mol. The maximum Gasteiger partial charge on any atom is 0.238 e. The van der Waals surface area contributed by atoms with Crippen molar-refractivity contribution in [2.75, 3.05) is 18.4 Å². The molecule has 1 amide bonds. The minimum atomic E-state index is -0.0228. The lowest BCUT2D eigenvalue weighted by molar-refractivity contribution is -0.115. The number of benzene rings is 1. The van der Waals surface area contributed by atoms with Gasteiger partial charge in [0, 0.05) is 18.1 Å². The summed E-state index contributed by atoms with van der Waals surface area (Å²) in [5, 5.41) is 6.01. The van der Waals surface area contributed by atoms with Crippen molar-refractivity contribution < 1.29 is 4.79 Å². The monoisotopic (exact) mass is 269 g/mol. The molecular weight excluding hydrogens is 250 g/mol. The highest BCUT2D eigenvalue weighted by molar-refractivity contribution is 5.92. The summed E-state index contributed by atoms with van der Waals surface area (Å²) in [6, 6.07) is 11.7. The molecule has 0 spiro atoms. The highest BCUT2D eigenvalue weighted by Gasteiger charge is 2.01. The summed E-state index contributed by atoms with van der Waals surface area (Å²) in [5.41, 5.74) is 3.19. The maximum absolute atomic E-state index is 11.8. The first-order chi connectivity index (χ1) is 9.74. The van der Waals surface area contributed by atoms with E-state index in [0.29, 0.717) is 6.54 Å². The van der Waals surface area contributed by atoms with Crippen molar-refractivity contribution in [1.82, 2.24) is 10.3 Å². The van der Waals surface area contributed by atoms with Gasteiger partial charge in [0.15, 0.2) is 0 Å². The topological polar surface area (TPSA) is 54.0 Å². The van der Waals surface area contributed by atoms with Gasteiger partial charge in [-0.05, 0) is 55.3 Å². The first-order valence-corrected chi connectivity index (χ1v) is 6.70. The molecular formula is C16H19N3O. The fourth-order valence-corrected chi connectivity index (χ4v) is 1.91. The molecule has 0 aliphatic heterocycles. The summed E-state index contributed by atoms with van der Waals surface area (Å²) in [6.07, 6.45) is 4.44. The molecule has 104 valence electrons. The normalized spacial score (nSPS) is 10.2. The van der Waals surface area contributed by atoms with E-state index in [-0.39, 0.29) is 5.91 Å². The van der Waals surface area contributed by atoms with Gasteiger partial charge >= 0.3 is 0 Å². The molecule has 0 unspecified atom stereocenters. The van der Waals surface area contributed by atoms with Gasteiger partial charge in [0.25, 0.3) is 0 Å². The Hall–Kier alpha value is -2.20. The summed E-state index contributed by atoms with van der Waals surface area (Å²) < 4.78 is 0. The Kier molecular flexibility index (Phi) is 5.26. The molecule has 1 aromatic carbocycles. The number of anilines is 1. The van der Waals surface area contributed by atoms with Crippen LogP contribution in [0.3, 0.4) is 0 Å². The molecule has 4 nitrogen and oxygen atoms in total. The van der Waals surface area contributed by atoms with Gasteiger partial charge in [-0.15, -0.1) is 0 Å². The Labute approximate surface area is 119 Å². The fraction of sp³-hybridized carbons (Fsp3) is 0.250. The number of aromatic nitrogens is 1. The lowest BCUT2D eigenvalue weighted by atomic mass is 10.2. The molecule has 0 fully saturated rings. The van der Waals surface area contributed by atoms with Crippen molar-refractivity contribution >= 4 is 11.6 Å². The van der Waals surface area contributed by atoms with E-state index in [0.717, 1.165) is 24.2 Å². The molecule has 0 aliphatic rings. The number of carbonyl (C=O) groups is 1. The van der Waals surface area contributed by atoms with Crippen LogP contribution in [0.1, 0.15) is 11.1 Å². The second-order valence-electron chi connectivity index (χ2n) is 4.70. The van der Waals surface area contributed by atoms with Crippen molar-refractivity contribution in [1.29, 1.82) is 0 Å². The number of aryl methyl sites for hydroxylation is 1. The van der Waals surface area contributed by atoms with E-state index in [9.17, 15) is 4.79 Å². The molecule has 20 heavy (non-hydrogen) atoms. The molecule has 0 atom stereocenters. The lowest BCUT2D eigenvalue weighted by Gasteiger charge is -2.07. The van der Waals surface area contributed by atoms with Gasteiger partial charge in [-0.2, -0.15) is 0 Å². The van der Waals surface area contributed by atoms with Crippen molar-refractivity contribution in [3.05, 3.63) is 59.9 Å². The zero-order chi connectivity index (χ0) is 14.2. The Bertz CT molecular complexity index is 555. The minimum Gasteiger partial charge on any atom is -0.325 e. The Balaban J connectivity index is 1.68. The molecule has 2 aromatic rings. The van der Waals surface area contributed by atoms with Gasteiger partial charge in [-0.25, -0.2) is 0 Å². The number of hydrogen-bond acceptors (Lipinski definition) is 3.